The van der Waals surface area contributed by atoms with Crippen molar-refractivity contribution in [2.24, 2.45) is 0 Å². The predicted octanol–water partition coefficient (Wildman–Crippen LogP) is 3.28. The smallest absolute Gasteiger partial charge is 0.123 e. The lowest BCUT2D eigenvalue weighted by Gasteiger charge is -2.37. The monoisotopic (exact) mass is 284 g/mol. The molecule has 21 heavy (non-hydrogen) atoms. The first-order valence-electron chi connectivity index (χ1n) is 7.49. The standard InChI is InChI=1S/C18H21FN2/c1-14-7-8-17(19)11-16(14)13-21-10-9-20-12-18(21)15-5-3-2-4-6-15/h2-8,11,18,20H,9-10,12-13H2,1H3. The molecule has 0 saturated carbocycles. The Hall–Kier alpha value is -1.71. The Balaban J connectivity index is 1.83. The molecule has 1 unspecified atom stereocenters. The van der Waals surface area contributed by atoms with Crippen LogP contribution in [0.3, 0.4) is 0 Å². The van der Waals surface area contributed by atoms with E-state index in [1.807, 2.05) is 12.1 Å². The Kier molecular flexibility index (Phi) is 4.32. The van der Waals surface area contributed by atoms with Gasteiger partial charge in [0.15, 0.2) is 0 Å². The molecule has 0 radical (unpaired) electrons. The molecule has 1 N–H and O–H groups in total. The summed E-state index contributed by atoms with van der Waals surface area (Å²) in [5.74, 6) is -0.151. The summed E-state index contributed by atoms with van der Waals surface area (Å²) in [6.07, 6.45) is 0. The summed E-state index contributed by atoms with van der Waals surface area (Å²) in [5.41, 5.74) is 3.55. The molecule has 0 aliphatic carbocycles. The van der Waals surface area contributed by atoms with Crippen molar-refractivity contribution >= 4 is 0 Å². The zero-order chi connectivity index (χ0) is 14.7. The van der Waals surface area contributed by atoms with Crippen molar-refractivity contribution in [2.75, 3.05) is 19.6 Å². The van der Waals surface area contributed by atoms with E-state index in [9.17, 15) is 4.39 Å². The average molecular weight is 284 g/mol. The average Bonchev–Trinajstić information content (AvgIpc) is 2.52. The topological polar surface area (TPSA) is 15.3 Å². The summed E-state index contributed by atoms with van der Waals surface area (Å²) >= 11 is 0. The van der Waals surface area contributed by atoms with Crippen molar-refractivity contribution in [3.05, 3.63) is 71.0 Å². The van der Waals surface area contributed by atoms with Crippen LogP contribution in [0.25, 0.3) is 0 Å². The van der Waals surface area contributed by atoms with E-state index < -0.39 is 0 Å². The fourth-order valence-electron chi connectivity index (χ4n) is 2.97. The molecular weight excluding hydrogens is 263 g/mol. The first kappa shape index (κ1) is 14.2. The molecule has 2 aromatic carbocycles. The summed E-state index contributed by atoms with van der Waals surface area (Å²) in [5, 5.41) is 3.46. The first-order valence-corrected chi connectivity index (χ1v) is 7.49. The molecule has 2 aromatic rings. The van der Waals surface area contributed by atoms with E-state index in [-0.39, 0.29) is 5.82 Å². The Morgan fingerprint density at radius 2 is 2.00 bits per heavy atom. The van der Waals surface area contributed by atoms with Gasteiger partial charge in [-0.2, -0.15) is 0 Å². The van der Waals surface area contributed by atoms with Gasteiger partial charge in [0.25, 0.3) is 0 Å². The van der Waals surface area contributed by atoms with E-state index in [4.69, 9.17) is 0 Å². The van der Waals surface area contributed by atoms with Crippen LogP contribution < -0.4 is 5.32 Å². The third kappa shape index (κ3) is 3.31. The molecule has 1 heterocycles. The molecule has 0 bridgehead atoms. The lowest BCUT2D eigenvalue weighted by Crippen LogP contribution is -2.45. The molecule has 1 saturated heterocycles. The van der Waals surface area contributed by atoms with Crippen LogP contribution >= 0.6 is 0 Å². The number of halogens is 1. The van der Waals surface area contributed by atoms with Crippen LogP contribution in [0.5, 0.6) is 0 Å². The van der Waals surface area contributed by atoms with Crippen LogP contribution in [0.1, 0.15) is 22.7 Å². The van der Waals surface area contributed by atoms with E-state index >= 15 is 0 Å². The fraction of sp³-hybridized carbons (Fsp3) is 0.333. The lowest BCUT2D eigenvalue weighted by atomic mass is 10.0. The van der Waals surface area contributed by atoms with E-state index in [2.05, 4.69) is 41.4 Å². The lowest BCUT2D eigenvalue weighted by molar-refractivity contribution is 0.153. The second-order valence-corrected chi connectivity index (χ2v) is 5.67. The van der Waals surface area contributed by atoms with Gasteiger partial charge in [-0.3, -0.25) is 4.90 Å². The summed E-state index contributed by atoms with van der Waals surface area (Å²) in [7, 11) is 0. The third-order valence-electron chi connectivity index (χ3n) is 4.22. The number of aryl methyl sites for hydroxylation is 1. The molecule has 1 fully saturated rings. The van der Waals surface area contributed by atoms with Crippen LogP contribution in [0.15, 0.2) is 48.5 Å². The van der Waals surface area contributed by atoms with Gasteiger partial charge in [0.2, 0.25) is 0 Å². The van der Waals surface area contributed by atoms with Crippen molar-refractivity contribution < 1.29 is 4.39 Å². The Bertz CT molecular complexity index is 597. The molecule has 2 nitrogen and oxygen atoms in total. The van der Waals surface area contributed by atoms with Gasteiger partial charge in [-0.15, -0.1) is 0 Å². The van der Waals surface area contributed by atoms with Gasteiger partial charge in [0, 0.05) is 32.2 Å². The van der Waals surface area contributed by atoms with Gasteiger partial charge in [0.05, 0.1) is 0 Å². The van der Waals surface area contributed by atoms with E-state index in [1.165, 1.54) is 11.6 Å². The highest BCUT2D eigenvalue weighted by Gasteiger charge is 2.24. The van der Waals surface area contributed by atoms with Crippen molar-refractivity contribution in [1.82, 2.24) is 10.2 Å². The quantitative estimate of drug-likeness (QED) is 0.930. The van der Waals surface area contributed by atoms with Crippen LogP contribution in [0, 0.1) is 12.7 Å². The molecule has 1 aliphatic heterocycles. The third-order valence-corrected chi connectivity index (χ3v) is 4.22. The van der Waals surface area contributed by atoms with Gasteiger partial charge in [-0.25, -0.2) is 4.39 Å². The molecule has 0 aromatic heterocycles. The molecule has 3 rings (SSSR count). The van der Waals surface area contributed by atoms with Crippen LogP contribution in [0.2, 0.25) is 0 Å². The Morgan fingerprint density at radius 1 is 1.19 bits per heavy atom. The molecule has 1 aliphatic rings. The molecule has 3 heteroatoms. The summed E-state index contributed by atoms with van der Waals surface area (Å²) in [6, 6.07) is 16.0. The molecule has 1 atom stereocenters. The molecular formula is C18H21FN2. The second-order valence-electron chi connectivity index (χ2n) is 5.67. The molecule has 0 amide bonds. The minimum Gasteiger partial charge on any atom is -0.314 e. The van der Waals surface area contributed by atoms with Gasteiger partial charge >= 0.3 is 0 Å². The maximum absolute atomic E-state index is 13.5. The zero-order valence-corrected chi connectivity index (χ0v) is 12.3. The number of hydrogen-bond donors (Lipinski definition) is 1. The molecule has 110 valence electrons. The van der Waals surface area contributed by atoms with Crippen LogP contribution in [-0.4, -0.2) is 24.5 Å². The number of benzene rings is 2. The van der Waals surface area contributed by atoms with Crippen molar-refractivity contribution in [1.29, 1.82) is 0 Å². The van der Waals surface area contributed by atoms with Gasteiger partial charge < -0.3 is 5.32 Å². The fourth-order valence-corrected chi connectivity index (χ4v) is 2.97. The maximum atomic E-state index is 13.5. The minimum absolute atomic E-state index is 0.151. The van der Waals surface area contributed by atoms with Crippen molar-refractivity contribution in [2.45, 2.75) is 19.5 Å². The van der Waals surface area contributed by atoms with Gasteiger partial charge in [-0.05, 0) is 35.7 Å². The van der Waals surface area contributed by atoms with E-state index in [0.29, 0.717) is 6.04 Å². The van der Waals surface area contributed by atoms with Crippen LogP contribution in [0.4, 0.5) is 4.39 Å². The maximum Gasteiger partial charge on any atom is 0.123 e. The minimum atomic E-state index is -0.151. The first-order chi connectivity index (χ1) is 10.2. The number of rotatable bonds is 3. The Labute approximate surface area is 125 Å². The highest BCUT2D eigenvalue weighted by Crippen LogP contribution is 2.25. The van der Waals surface area contributed by atoms with Crippen molar-refractivity contribution in [3.63, 3.8) is 0 Å². The number of piperazine rings is 1. The summed E-state index contributed by atoms with van der Waals surface area (Å²) in [6.45, 7) is 5.75. The number of hydrogen-bond acceptors (Lipinski definition) is 2. The molecule has 0 spiro atoms. The summed E-state index contributed by atoms with van der Waals surface area (Å²) < 4.78 is 13.5. The highest BCUT2D eigenvalue weighted by atomic mass is 19.1. The van der Waals surface area contributed by atoms with E-state index in [1.54, 1.807) is 6.07 Å². The van der Waals surface area contributed by atoms with Crippen molar-refractivity contribution in [3.8, 4) is 0 Å². The van der Waals surface area contributed by atoms with Crippen LogP contribution in [-0.2, 0) is 6.54 Å². The highest BCUT2D eigenvalue weighted by molar-refractivity contribution is 5.27. The SMILES string of the molecule is Cc1ccc(F)cc1CN1CCNCC1c1ccccc1. The number of nitrogens with one attached hydrogen (secondary N) is 1. The Morgan fingerprint density at radius 3 is 2.81 bits per heavy atom. The predicted molar refractivity (Wildman–Crippen MR) is 83.6 cm³/mol. The van der Waals surface area contributed by atoms with Gasteiger partial charge in [0.1, 0.15) is 5.82 Å². The van der Waals surface area contributed by atoms with E-state index in [0.717, 1.165) is 37.3 Å². The normalized spacial score (nSPS) is 19.6. The zero-order valence-electron chi connectivity index (χ0n) is 12.3. The second kappa shape index (κ2) is 6.37. The summed E-state index contributed by atoms with van der Waals surface area (Å²) in [4.78, 5) is 2.44. The number of nitrogens with zero attached hydrogens (tertiary/aromatic N) is 1. The van der Waals surface area contributed by atoms with Gasteiger partial charge in [-0.1, -0.05) is 36.4 Å². The largest absolute Gasteiger partial charge is 0.314 e.